The zero-order valence-electron chi connectivity index (χ0n) is 28.5. The van der Waals surface area contributed by atoms with Crippen LogP contribution in [0.4, 0.5) is 0 Å². The van der Waals surface area contributed by atoms with Crippen LogP contribution in [0.3, 0.4) is 0 Å². The summed E-state index contributed by atoms with van der Waals surface area (Å²) in [5.41, 5.74) is 30.0. The van der Waals surface area contributed by atoms with Crippen molar-refractivity contribution in [1.82, 2.24) is 0 Å². The van der Waals surface area contributed by atoms with Gasteiger partial charge in [0.15, 0.2) is 0 Å². The molecule has 0 aromatic heterocycles. The molecule has 3 saturated carbocycles. The summed E-state index contributed by atoms with van der Waals surface area (Å²) in [7, 11) is 0. The summed E-state index contributed by atoms with van der Waals surface area (Å²) in [6, 6.07) is 0. The Morgan fingerprint density at radius 1 is 0.487 bits per heavy atom. The van der Waals surface area contributed by atoms with E-state index < -0.39 is 0 Å². The molecule has 236 valence electrons. The van der Waals surface area contributed by atoms with Crippen LogP contribution in [-0.4, -0.2) is 40.9 Å². The monoisotopic (exact) mass is 556 g/mol. The SMILES string of the molecule is CC(C)C(C)(C)N.CC(C)C1(N)CC1.CC(C)C1(N)CCC1.CC(C)C1(N)CCCC1.CC(C)C1(N)COC1. The average molecular weight is 556 g/mol. The Bertz CT molecular complexity index is 614. The van der Waals surface area contributed by atoms with Crippen molar-refractivity contribution in [2.75, 3.05) is 13.2 Å². The summed E-state index contributed by atoms with van der Waals surface area (Å²) < 4.78 is 4.97. The third-order valence-corrected chi connectivity index (χ3v) is 10.5. The maximum absolute atomic E-state index is 6.10. The summed E-state index contributed by atoms with van der Waals surface area (Å²) in [6.07, 6.45) is 11.5. The van der Waals surface area contributed by atoms with Crippen LogP contribution in [0.1, 0.15) is 141 Å². The van der Waals surface area contributed by atoms with Crippen LogP contribution in [0, 0.1) is 29.6 Å². The predicted octanol–water partition coefficient (Wildman–Crippen LogP) is 6.32. The highest BCUT2D eigenvalue weighted by molar-refractivity contribution is 5.00. The third-order valence-electron chi connectivity index (χ3n) is 10.5. The van der Waals surface area contributed by atoms with Crippen molar-refractivity contribution < 1.29 is 4.74 Å². The molecule has 0 bridgehead atoms. The second-order valence-corrected chi connectivity index (χ2v) is 15.6. The molecule has 6 nitrogen and oxygen atoms in total. The van der Waals surface area contributed by atoms with Gasteiger partial charge in [-0.2, -0.15) is 0 Å². The van der Waals surface area contributed by atoms with E-state index in [-0.39, 0.29) is 27.7 Å². The standard InChI is InChI=1S/C8H17N.C7H15N.C6H13NO.C6H13N.C6H15N/c1-7(2)8(9)5-3-4-6-8;1-6(2)7(8)4-3-5-7;1-5(2)6(7)3-8-4-6;1-5(2)6(7)3-4-6;1-5(2)6(3,4)7/h7H,3-6,9H2,1-2H3;6H,3-5,8H2,1-2H3;5H,3-4,7H2,1-2H3;5H,3-4,7H2,1-2H3;5H,7H2,1-4H3. The Hall–Kier alpha value is -0.240. The first-order valence-corrected chi connectivity index (χ1v) is 16.1. The van der Waals surface area contributed by atoms with Gasteiger partial charge in [0.05, 0.1) is 18.8 Å². The van der Waals surface area contributed by atoms with Gasteiger partial charge in [0.1, 0.15) is 0 Å². The van der Waals surface area contributed by atoms with E-state index in [1.54, 1.807) is 0 Å². The lowest BCUT2D eigenvalue weighted by atomic mass is 9.70. The van der Waals surface area contributed by atoms with E-state index in [0.717, 1.165) is 13.2 Å². The van der Waals surface area contributed by atoms with Crippen molar-refractivity contribution in [1.29, 1.82) is 0 Å². The summed E-state index contributed by atoms with van der Waals surface area (Å²) in [4.78, 5) is 0. The van der Waals surface area contributed by atoms with Gasteiger partial charge in [-0.05, 0) is 88.4 Å². The van der Waals surface area contributed by atoms with Crippen LogP contribution in [0.15, 0.2) is 0 Å². The molecule has 4 rings (SSSR count). The molecule has 1 saturated heterocycles. The van der Waals surface area contributed by atoms with Crippen LogP contribution >= 0.6 is 0 Å². The largest absolute Gasteiger partial charge is 0.377 e. The highest BCUT2D eigenvalue weighted by atomic mass is 16.5. The molecule has 0 aromatic carbocycles. The molecule has 0 amide bonds. The molecule has 3 aliphatic carbocycles. The quantitative estimate of drug-likeness (QED) is 0.269. The van der Waals surface area contributed by atoms with Crippen molar-refractivity contribution in [2.45, 2.75) is 169 Å². The van der Waals surface area contributed by atoms with E-state index in [1.807, 2.05) is 13.8 Å². The molecule has 6 heteroatoms. The maximum Gasteiger partial charge on any atom is 0.0672 e. The van der Waals surface area contributed by atoms with Crippen molar-refractivity contribution in [3.63, 3.8) is 0 Å². The third kappa shape index (κ3) is 13.5. The molecular formula is C33H73N5O. The van der Waals surface area contributed by atoms with E-state index in [0.29, 0.717) is 29.6 Å². The maximum atomic E-state index is 6.10. The molecule has 39 heavy (non-hydrogen) atoms. The smallest absolute Gasteiger partial charge is 0.0672 e. The Kier molecular flexibility index (Phi) is 15.7. The molecule has 1 heterocycles. The zero-order valence-corrected chi connectivity index (χ0v) is 28.5. The van der Waals surface area contributed by atoms with Gasteiger partial charge in [-0.1, -0.05) is 82.1 Å². The molecule has 4 fully saturated rings. The molecule has 0 radical (unpaired) electrons. The first kappa shape index (κ1) is 38.8. The number of hydrogen-bond acceptors (Lipinski definition) is 6. The van der Waals surface area contributed by atoms with Gasteiger partial charge < -0.3 is 33.4 Å². The van der Waals surface area contributed by atoms with E-state index in [4.69, 9.17) is 33.4 Å². The van der Waals surface area contributed by atoms with Gasteiger partial charge in [0, 0.05) is 22.2 Å². The number of rotatable bonds is 5. The molecule has 0 spiro atoms. The summed E-state index contributed by atoms with van der Waals surface area (Å²) >= 11 is 0. The highest BCUT2D eigenvalue weighted by Gasteiger charge is 2.41. The minimum absolute atomic E-state index is 0. The van der Waals surface area contributed by atoms with Crippen LogP contribution in [0.25, 0.3) is 0 Å². The first-order chi connectivity index (χ1) is 17.5. The Morgan fingerprint density at radius 3 is 0.795 bits per heavy atom. The zero-order chi connectivity index (χ0) is 30.9. The van der Waals surface area contributed by atoms with Gasteiger partial charge in [0.2, 0.25) is 0 Å². The number of nitrogens with two attached hydrogens (primary N) is 5. The van der Waals surface area contributed by atoms with Gasteiger partial charge in [0.25, 0.3) is 0 Å². The molecule has 4 aliphatic rings. The fourth-order valence-electron chi connectivity index (χ4n) is 4.17. The molecule has 0 atom stereocenters. The summed E-state index contributed by atoms with van der Waals surface area (Å²) in [5, 5.41) is 0. The van der Waals surface area contributed by atoms with Gasteiger partial charge >= 0.3 is 0 Å². The molecule has 1 aliphatic heterocycles. The fourth-order valence-corrected chi connectivity index (χ4v) is 4.17. The lowest BCUT2D eigenvalue weighted by molar-refractivity contribution is -0.0759. The van der Waals surface area contributed by atoms with Crippen molar-refractivity contribution in [3.8, 4) is 0 Å². The summed E-state index contributed by atoms with van der Waals surface area (Å²) in [6.45, 7) is 27.3. The minimum Gasteiger partial charge on any atom is -0.377 e. The number of ether oxygens (including phenoxy) is 1. The van der Waals surface area contributed by atoms with E-state index in [1.165, 1.54) is 57.8 Å². The second-order valence-electron chi connectivity index (χ2n) is 15.6. The number of hydrogen-bond donors (Lipinski definition) is 5. The van der Waals surface area contributed by atoms with E-state index in [9.17, 15) is 0 Å². The Morgan fingerprint density at radius 2 is 0.744 bits per heavy atom. The van der Waals surface area contributed by atoms with E-state index >= 15 is 0 Å². The van der Waals surface area contributed by atoms with Crippen LogP contribution < -0.4 is 28.7 Å². The van der Waals surface area contributed by atoms with Crippen molar-refractivity contribution >= 4 is 0 Å². The fraction of sp³-hybridized carbons (Fsp3) is 1.00. The minimum atomic E-state index is 0. The molecule has 0 aromatic rings. The van der Waals surface area contributed by atoms with Crippen molar-refractivity contribution in [3.05, 3.63) is 0 Å². The normalized spacial score (nSPS) is 23.2. The Labute approximate surface area is 244 Å². The lowest BCUT2D eigenvalue weighted by Gasteiger charge is -2.41. The Balaban J connectivity index is 0.000000465. The van der Waals surface area contributed by atoms with Crippen LogP contribution in [0.5, 0.6) is 0 Å². The highest BCUT2D eigenvalue weighted by Crippen LogP contribution is 2.39. The molecule has 0 unspecified atom stereocenters. The average Bonchev–Trinajstić information content (AvgIpc) is 3.37. The van der Waals surface area contributed by atoms with Gasteiger partial charge in [-0.3, -0.25) is 0 Å². The van der Waals surface area contributed by atoms with Crippen molar-refractivity contribution in [2.24, 2.45) is 58.3 Å². The van der Waals surface area contributed by atoms with E-state index in [2.05, 4.69) is 69.2 Å². The molecular weight excluding hydrogens is 482 g/mol. The second kappa shape index (κ2) is 15.8. The molecule has 10 N–H and O–H groups in total. The van der Waals surface area contributed by atoms with Gasteiger partial charge in [-0.25, -0.2) is 0 Å². The first-order valence-electron chi connectivity index (χ1n) is 16.1. The topological polar surface area (TPSA) is 139 Å². The van der Waals surface area contributed by atoms with Gasteiger partial charge in [-0.15, -0.1) is 0 Å². The predicted molar refractivity (Wildman–Crippen MR) is 173 cm³/mol. The summed E-state index contributed by atoms with van der Waals surface area (Å²) in [5.74, 6) is 3.16. The lowest BCUT2D eigenvalue weighted by Crippen LogP contribution is -2.60. The van der Waals surface area contributed by atoms with Crippen LogP contribution in [-0.2, 0) is 4.74 Å². The van der Waals surface area contributed by atoms with Crippen LogP contribution in [0.2, 0.25) is 0 Å².